The molecule has 154 valence electrons. The minimum Gasteiger partial charge on any atom is -0.493 e. The van der Waals surface area contributed by atoms with Gasteiger partial charge in [0.2, 0.25) is 0 Å². The molecule has 11 heteroatoms. The number of nitrogens with zero attached hydrogens (tertiary/aromatic N) is 4. The van der Waals surface area contributed by atoms with Gasteiger partial charge >= 0.3 is 12.2 Å². The number of urea groups is 1. The van der Waals surface area contributed by atoms with E-state index in [0.29, 0.717) is 29.5 Å². The summed E-state index contributed by atoms with van der Waals surface area (Å²) in [7, 11) is 3.36. The Bertz CT molecular complexity index is 922. The number of fused-ring (bicyclic) bond motifs is 2. The molecule has 1 saturated heterocycles. The number of benzene rings is 1. The fourth-order valence-corrected chi connectivity index (χ4v) is 3.11. The zero-order valence-electron chi connectivity index (χ0n) is 15.6. The fourth-order valence-electron chi connectivity index (χ4n) is 3.11. The SMILES string of the molecule is CNC(=O)N1c2nc(CCOc3ccc(C(F)(F)F)cc3)ncc2N(C)C2OC21. The highest BCUT2D eigenvalue weighted by atomic mass is 19.4. The van der Waals surface area contributed by atoms with Gasteiger partial charge in [0.1, 0.15) is 17.3 Å². The predicted molar refractivity (Wildman–Crippen MR) is 96.7 cm³/mol. The van der Waals surface area contributed by atoms with Crippen molar-refractivity contribution in [2.75, 3.05) is 30.5 Å². The lowest BCUT2D eigenvalue weighted by Crippen LogP contribution is -2.47. The first kappa shape index (κ1) is 19.2. The van der Waals surface area contributed by atoms with Crippen molar-refractivity contribution < 1.29 is 27.4 Å². The van der Waals surface area contributed by atoms with E-state index in [1.165, 1.54) is 24.1 Å². The van der Waals surface area contributed by atoms with Crippen LogP contribution in [0.5, 0.6) is 5.75 Å². The van der Waals surface area contributed by atoms with Gasteiger partial charge in [-0.3, -0.25) is 0 Å². The quantitative estimate of drug-likeness (QED) is 0.781. The van der Waals surface area contributed by atoms with Crippen LogP contribution < -0.4 is 19.9 Å². The third-order valence-corrected chi connectivity index (χ3v) is 4.70. The van der Waals surface area contributed by atoms with E-state index in [1.807, 2.05) is 11.9 Å². The molecule has 2 amide bonds. The van der Waals surface area contributed by atoms with Crippen LogP contribution in [0.2, 0.25) is 0 Å². The minimum atomic E-state index is -4.39. The molecule has 2 unspecified atom stereocenters. The summed E-state index contributed by atoms with van der Waals surface area (Å²) in [6, 6.07) is 4.13. The third kappa shape index (κ3) is 3.65. The van der Waals surface area contributed by atoms with Crippen LogP contribution in [0.1, 0.15) is 11.4 Å². The molecule has 1 aromatic heterocycles. The third-order valence-electron chi connectivity index (χ3n) is 4.70. The molecule has 0 bridgehead atoms. The minimum absolute atomic E-state index is 0.169. The van der Waals surface area contributed by atoms with Crippen LogP contribution in [0.3, 0.4) is 0 Å². The van der Waals surface area contributed by atoms with Gasteiger partial charge in [0, 0.05) is 20.5 Å². The number of hydrogen-bond acceptors (Lipinski definition) is 6. The lowest BCUT2D eigenvalue weighted by Gasteiger charge is -2.30. The van der Waals surface area contributed by atoms with Crippen molar-refractivity contribution in [3.8, 4) is 5.75 Å². The van der Waals surface area contributed by atoms with Crippen LogP contribution in [-0.4, -0.2) is 49.2 Å². The molecule has 29 heavy (non-hydrogen) atoms. The number of aromatic nitrogens is 2. The van der Waals surface area contributed by atoms with Gasteiger partial charge in [0.05, 0.1) is 18.4 Å². The predicted octanol–water partition coefficient (Wildman–Crippen LogP) is 2.39. The summed E-state index contributed by atoms with van der Waals surface area (Å²) < 4.78 is 48.8. The second-order valence-corrected chi connectivity index (χ2v) is 6.57. The maximum Gasteiger partial charge on any atom is 0.416 e. The molecular formula is C18H18F3N5O3. The zero-order valence-corrected chi connectivity index (χ0v) is 15.6. The molecule has 2 aliphatic heterocycles. The summed E-state index contributed by atoms with van der Waals surface area (Å²) >= 11 is 0. The lowest BCUT2D eigenvalue weighted by atomic mass is 10.2. The Hall–Kier alpha value is -3.08. The summed E-state index contributed by atoms with van der Waals surface area (Å²) in [5.41, 5.74) is -0.0679. The van der Waals surface area contributed by atoms with E-state index in [0.717, 1.165) is 12.1 Å². The average Bonchev–Trinajstić information content (AvgIpc) is 3.48. The van der Waals surface area contributed by atoms with Crippen molar-refractivity contribution in [1.29, 1.82) is 0 Å². The summed E-state index contributed by atoms with van der Waals surface area (Å²) in [6.07, 6.45) is -3.09. The van der Waals surface area contributed by atoms with Crippen LogP contribution in [-0.2, 0) is 17.3 Å². The second-order valence-electron chi connectivity index (χ2n) is 6.57. The van der Waals surface area contributed by atoms with Crippen LogP contribution in [0.4, 0.5) is 29.5 Å². The van der Waals surface area contributed by atoms with Gasteiger partial charge in [-0.25, -0.2) is 19.7 Å². The zero-order chi connectivity index (χ0) is 20.8. The number of nitrogens with one attached hydrogen (secondary N) is 1. The number of epoxide rings is 1. The normalized spacial score (nSPS) is 20.0. The largest absolute Gasteiger partial charge is 0.493 e. The molecule has 0 aliphatic carbocycles. The standard InChI is InChI=1S/C18H18F3N5O3/c1-22-17(27)26-14-12(25(2)15-16(26)29-15)9-23-13(24-14)7-8-28-11-5-3-10(4-6-11)18(19,20)21/h3-6,9,15-16H,7-8H2,1-2H3,(H,22,27). The summed E-state index contributed by atoms with van der Waals surface area (Å²) in [5.74, 6) is 1.19. The van der Waals surface area contributed by atoms with Gasteiger partial charge in [0.15, 0.2) is 18.3 Å². The highest BCUT2D eigenvalue weighted by Gasteiger charge is 2.54. The van der Waals surface area contributed by atoms with Gasteiger partial charge < -0.3 is 19.7 Å². The molecule has 2 atom stereocenters. The van der Waals surface area contributed by atoms with Crippen LogP contribution in [0, 0.1) is 0 Å². The Labute approximate surface area is 164 Å². The molecule has 4 rings (SSSR count). The van der Waals surface area contributed by atoms with Gasteiger partial charge in [-0.15, -0.1) is 0 Å². The van der Waals surface area contributed by atoms with E-state index >= 15 is 0 Å². The number of carbonyl (C=O) groups excluding carboxylic acids is 1. The van der Waals surface area contributed by atoms with Crippen molar-refractivity contribution in [2.24, 2.45) is 0 Å². The first-order valence-corrected chi connectivity index (χ1v) is 8.85. The molecule has 0 spiro atoms. The van der Waals surface area contributed by atoms with Crippen molar-refractivity contribution in [2.45, 2.75) is 25.1 Å². The molecule has 1 N–H and O–H groups in total. The Morgan fingerprint density at radius 2 is 2.00 bits per heavy atom. The molecule has 8 nitrogen and oxygen atoms in total. The van der Waals surface area contributed by atoms with Crippen LogP contribution in [0.15, 0.2) is 30.5 Å². The van der Waals surface area contributed by atoms with Gasteiger partial charge in [-0.2, -0.15) is 13.2 Å². The van der Waals surface area contributed by atoms with E-state index in [2.05, 4.69) is 15.3 Å². The second kappa shape index (κ2) is 7.07. The van der Waals surface area contributed by atoms with Crippen molar-refractivity contribution >= 4 is 17.5 Å². The molecule has 0 radical (unpaired) electrons. The van der Waals surface area contributed by atoms with Crippen LogP contribution in [0.25, 0.3) is 0 Å². The summed E-state index contributed by atoms with van der Waals surface area (Å²) in [6.45, 7) is 0.169. The maximum atomic E-state index is 12.6. The van der Waals surface area contributed by atoms with E-state index < -0.39 is 18.0 Å². The smallest absolute Gasteiger partial charge is 0.416 e. The van der Waals surface area contributed by atoms with E-state index in [9.17, 15) is 18.0 Å². The van der Waals surface area contributed by atoms with Crippen LogP contribution >= 0.6 is 0 Å². The molecule has 1 aromatic carbocycles. The molecule has 1 fully saturated rings. The Morgan fingerprint density at radius 1 is 1.28 bits per heavy atom. The maximum absolute atomic E-state index is 12.6. The number of amides is 2. The molecule has 0 saturated carbocycles. The van der Waals surface area contributed by atoms with Gasteiger partial charge in [-0.05, 0) is 24.3 Å². The van der Waals surface area contributed by atoms with E-state index in [1.54, 1.807) is 6.20 Å². The molecule has 2 aromatic rings. The number of anilines is 2. The number of ether oxygens (including phenoxy) is 2. The number of carbonyl (C=O) groups is 1. The molecule has 2 aliphatic rings. The monoisotopic (exact) mass is 409 g/mol. The van der Waals surface area contributed by atoms with E-state index in [-0.39, 0.29) is 18.9 Å². The Morgan fingerprint density at radius 3 is 2.66 bits per heavy atom. The number of alkyl halides is 3. The fraction of sp³-hybridized carbons (Fsp3) is 0.389. The molecule has 3 heterocycles. The Kier molecular flexibility index (Phi) is 4.69. The number of halogens is 3. The number of rotatable bonds is 4. The first-order valence-electron chi connectivity index (χ1n) is 8.85. The Balaban J connectivity index is 1.44. The van der Waals surface area contributed by atoms with Crippen molar-refractivity contribution in [3.05, 3.63) is 41.9 Å². The van der Waals surface area contributed by atoms with E-state index in [4.69, 9.17) is 9.47 Å². The van der Waals surface area contributed by atoms with Crippen molar-refractivity contribution in [3.63, 3.8) is 0 Å². The topological polar surface area (TPSA) is 83.1 Å². The van der Waals surface area contributed by atoms with Gasteiger partial charge in [-0.1, -0.05) is 0 Å². The van der Waals surface area contributed by atoms with Crippen molar-refractivity contribution in [1.82, 2.24) is 15.3 Å². The molecular weight excluding hydrogens is 391 g/mol. The lowest BCUT2D eigenvalue weighted by molar-refractivity contribution is -0.137. The number of hydrogen-bond donors (Lipinski definition) is 1. The highest BCUT2D eigenvalue weighted by molar-refractivity contribution is 5.96. The first-order chi connectivity index (χ1) is 13.8. The average molecular weight is 409 g/mol. The summed E-state index contributed by atoms with van der Waals surface area (Å²) in [5, 5.41) is 2.57. The highest BCUT2D eigenvalue weighted by Crippen LogP contribution is 2.43. The van der Waals surface area contributed by atoms with Gasteiger partial charge in [0.25, 0.3) is 0 Å². The summed E-state index contributed by atoms with van der Waals surface area (Å²) in [4.78, 5) is 24.3. The number of likely N-dealkylation sites (N-methyl/N-ethyl adjacent to an activating group) is 1.